The van der Waals surface area contributed by atoms with Crippen molar-refractivity contribution in [2.24, 2.45) is 11.3 Å². The molecule has 0 saturated heterocycles. The molecule has 1 aliphatic rings. The molecule has 1 aliphatic carbocycles. The zero-order valence-electron chi connectivity index (χ0n) is 18.3. The van der Waals surface area contributed by atoms with Gasteiger partial charge in [0.25, 0.3) is 10.4 Å². The van der Waals surface area contributed by atoms with Crippen molar-refractivity contribution in [1.82, 2.24) is 20.4 Å². The second-order valence-corrected chi connectivity index (χ2v) is 10.2. The Kier molecular flexibility index (Phi) is 6.43. The van der Waals surface area contributed by atoms with Gasteiger partial charge < -0.3 is 13.6 Å². The maximum Gasteiger partial charge on any atom is 0.277 e. The van der Waals surface area contributed by atoms with Crippen molar-refractivity contribution >= 4 is 23.5 Å². The van der Waals surface area contributed by atoms with Crippen LogP contribution in [0.5, 0.6) is 5.75 Å². The van der Waals surface area contributed by atoms with Crippen LogP contribution in [0.15, 0.2) is 55.2 Å². The molecule has 2 aromatic heterocycles. The number of rotatable bonds is 9. The van der Waals surface area contributed by atoms with Gasteiger partial charge in [-0.3, -0.25) is 0 Å². The molecular weight excluding hydrogens is 432 g/mol. The molecule has 0 amide bonds. The van der Waals surface area contributed by atoms with Crippen LogP contribution in [-0.4, -0.2) is 27.5 Å². The van der Waals surface area contributed by atoms with Crippen LogP contribution in [0.3, 0.4) is 0 Å². The minimum Gasteiger partial charge on any atom is -0.497 e. The smallest absolute Gasteiger partial charge is 0.277 e. The van der Waals surface area contributed by atoms with E-state index in [0.29, 0.717) is 33.9 Å². The lowest BCUT2D eigenvalue weighted by Gasteiger charge is -2.01. The number of aromatic nitrogens is 4. The fraction of sp³-hybridized carbons (Fsp3) is 0.455. The molecule has 3 aromatic rings. The lowest BCUT2D eigenvalue weighted by Crippen LogP contribution is -1.90. The molecule has 0 aliphatic heterocycles. The van der Waals surface area contributed by atoms with Crippen molar-refractivity contribution < 1.29 is 13.6 Å². The lowest BCUT2D eigenvalue weighted by molar-refractivity contribution is 0.398. The highest BCUT2D eigenvalue weighted by Gasteiger charge is 2.60. The number of benzene rings is 1. The molecule has 0 unspecified atom stereocenters. The maximum absolute atomic E-state index is 5.91. The van der Waals surface area contributed by atoms with Gasteiger partial charge in [0.15, 0.2) is 0 Å². The molecular formula is C22H26N4O3S2. The molecule has 1 aromatic carbocycles. The summed E-state index contributed by atoms with van der Waals surface area (Å²) in [6.45, 7) is 8.72. The van der Waals surface area contributed by atoms with Gasteiger partial charge in [-0.1, -0.05) is 61.2 Å². The van der Waals surface area contributed by atoms with E-state index < -0.39 is 0 Å². The van der Waals surface area contributed by atoms with Crippen molar-refractivity contribution in [1.29, 1.82) is 0 Å². The summed E-state index contributed by atoms with van der Waals surface area (Å²) in [6, 6.07) is 7.93. The van der Waals surface area contributed by atoms with Crippen molar-refractivity contribution in [3.8, 4) is 5.75 Å². The average Bonchev–Trinajstić information content (AvgIpc) is 3.16. The molecule has 0 radical (unpaired) electrons. The first-order chi connectivity index (χ1) is 14.9. The van der Waals surface area contributed by atoms with Crippen LogP contribution < -0.4 is 4.74 Å². The average molecular weight is 459 g/mol. The first kappa shape index (κ1) is 22.0. The van der Waals surface area contributed by atoms with Crippen LogP contribution in [0.2, 0.25) is 0 Å². The number of hydrogen-bond acceptors (Lipinski definition) is 9. The molecule has 0 spiro atoms. The van der Waals surface area contributed by atoms with E-state index >= 15 is 0 Å². The Morgan fingerprint density at radius 3 is 2.39 bits per heavy atom. The van der Waals surface area contributed by atoms with Crippen LogP contribution in [0.4, 0.5) is 0 Å². The van der Waals surface area contributed by atoms with E-state index in [9.17, 15) is 0 Å². The number of nitrogens with zero attached hydrogens (tertiary/aromatic N) is 4. The summed E-state index contributed by atoms with van der Waals surface area (Å²) in [6.07, 6.45) is 2.30. The van der Waals surface area contributed by atoms with Crippen LogP contribution in [0.25, 0.3) is 0 Å². The summed E-state index contributed by atoms with van der Waals surface area (Å²) in [5.74, 6) is 4.03. The van der Waals surface area contributed by atoms with Gasteiger partial charge in [0.1, 0.15) is 5.75 Å². The van der Waals surface area contributed by atoms with E-state index in [0.717, 1.165) is 17.1 Å². The fourth-order valence-corrected chi connectivity index (χ4v) is 4.91. The van der Waals surface area contributed by atoms with Crippen molar-refractivity contribution in [3.63, 3.8) is 0 Å². The standard InChI is InChI=1S/C22H26N4O3S2/c1-13(2)10-16-18(22(16,3)4)19-24-26-21(29-19)31-12-17-23-25-20(28-17)30-11-14-6-8-15(27-5)9-7-14/h6-10,16,18H,11-12H2,1-5H3/t16-,18+/m1/s1. The molecule has 9 heteroatoms. The minimum absolute atomic E-state index is 0.147. The maximum atomic E-state index is 5.91. The van der Waals surface area contributed by atoms with Gasteiger partial charge in [0.2, 0.25) is 11.8 Å². The monoisotopic (exact) mass is 458 g/mol. The minimum atomic E-state index is 0.147. The molecule has 2 atom stereocenters. The fourth-order valence-electron chi connectivity index (χ4n) is 3.57. The topological polar surface area (TPSA) is 87.1 Å². The normalized spacial score (nSPS) is 19.3. The number of methoxy groups -OCH3 is 1. The number of thioether (sulfide) groups is 2. The van der Waals surface area contributed by atoms with E-state index in [1.54, 1.807) is 7.11 Å². The largest absolute Gasteiger partial charge is 0.497 e. The van der Waals surface area contributed by atoms with Gasteiger partial charge in [0.05, 0.1) is 12.9 Å². The Morgan fingerprint density at radius 1 is 1.00 bits per heavy atom. The van der Waals surface area contributed by atoms with Gasteiger partial charge in [-0.05, 0) is 42.9 Å². The van der Waals surface area contributed by atoms with E-state index in [1.807, 2.05) is 24.3 Å². The molecule has 1 saturated carbocycles. The van der Waals surface area contributed by atoms with Gasteiger partial charge >= 0.3 is 0 Å². The highest BCUT2D eigenvalue weighted by Crippen LogP contribution is 2.65. The molecule has 2 heterocycles. The third-order valence-electron chi connectivity index (χ3n) is 5.40. The third kappa shape index (κ3) is 5.15. The molecule has 7 nitrogen and oxygen atoms in total. The summed E-state index contributed by atoms with van der Waals surface area (Å²) in [4.78, 5) is 0. The van der Waals surface area contributed by atoms with Crippen LogP contribution in [0.1, 0.15) is 51.0 Å². The van der Waals surface area contributed by atoms with E-state index in [-0.39, 0.29) is 11.3 Å². The zero-order chi connectivity index (χ0) is 22.0. The highest BCUT2D eigenvalue weighted by atomic mass is 32.2. The van der Waals surface area contributed by atoms with Gasteiger partial charge in [-0.25, -0.2) is 0 Å². The number of ether oxygens (including phenoxy) is 1. The van der Waals surface area contributed by atoms with Crippen molar-refractivity contribution in [2.45, 2.75) is 55.6 Å². The van der Waals surface area contributed by atoms with Gasteiger partial charge in [0, 0.05) is 11.7 Å². The summed E-state index contributed by atoms with van der Waals surface area (Å²) >= 11 is 2.91. The van der Waals surface area contributed by atoms with E-state index in [4.69, 9.17) is 13.6 Å². The SMILES string of the molecule is COc1ccc(CSc2nnc(CSc3nnc([C@@H]4[C@@H](C=C(C)C)C4(C)C)o3)o2)cc1. The summed E-state index contributed by atoms with van der Waals surface area (Å²) in [7, 11) is 1.66. The predicted octanol–water partition coefficient (Wildman–Crippen LogP) is 5.75. The molecule has 0 N–H and O–H groups in total. The van der Waals surface area contributed by atoms with Crippen molar-refractivity contribution in [2.75, 3.05) is 7.11 Å². The zero-order valence-corrected chi connectivity index (χ0v) is 19.9. The number of allylic oxidation sites excluding steroid dienone is 2. The molecule has 0 bridgehead atoms. The Morgan fingerprint density at radius 2 is 1.68 bits per heavy atom. The summed E-state index contributed by atoms with van der Waals surface area (Å²) < 4.78 is 16.8. The van der Waals surface area contributed by atoms with Crippen molar-refractivity contribution in [3.05, 3.63) is 53.3 Å². The lowest BCUT2D eigenvalue weighted by atomic mass is 10.1. The second-order valence-electron chi connectivity index (χ2n) is 8.36. The molecule has 31 heavy (non-hydrogen) atoms. The predicted molar refractivity (Wildman–Crippen MR) is 120 cm³/mol. The van der Waals surface area contributed by atoms with Crippen LogP contribution in [-0.2, 0) is 11.5 Å². The van der Waals surface area contributed by atoms with Gasteiger partial charge in [-0.15, -0.1) is 20.4 Å². The molecule has 164 valence electrons. The third-order valence-corrected chi connectivity index (χ3v) is 7.09. The first-order valence-corrected chi connectivity index (χ1v) is 12.0. The Labute approximate surface area is 190 Å². The highest BCUT2D eigenvalue weighted by molar-refractivity contribution is 7.98. The number of hydrogen-bond donors (Lipinski definition) is 0. The first-order valence-electron chi connectivity index (χ1n) is 10.1. The quantitative estimate of drug-likeness (QED) is 0.294. The molecule has 4 rings (SSSR count). The Bertz CT molecular complexity index is 1050. The summed E-state index contributed by atoms with van der Waals surface area (Å²) in [5, 5.41) is 17.8. The van der Waals surface area contributed by atoms with Gasteiger partial charge in [-0.2, -0.15) is 0 Å². The van der Waals surface area contributed by atoms with E-state index in [1.165, 1.54) is 29.1 Å². The Balaban J connectivity index is 1.29. The Hall–Kier alpha value is -2.26. The summed E-state index contributed by atoms with van der Waals surface area (Å²) in [5.41, 5.74) is 2.62. The van der Waals surface area contributed by atoms with Crippen LogP contribution in [0, 0.1) is 11.3 Å². The second kappa shape index (κ2) is 9.08. The van der Waals surface area contributed by atoms with E-state index in [2.05, 4.69) is 54.2 Å². The van der Waals surface area contributed by atoms with Crippen LogP contribution >= 0.6 is 23.5 Å². The molecule has 1 fully saturated rings.